The number of carbonyl (C=O) groups excluding carboxylic acids is 5. The average Bonchev–Trinajstić information content (AvgIpc) is 2.85. The number of rotatable bonds is 4. The van der Waals surface area contributed by atoms with Crippen LogP contribution in [0, 0.1) is 0 Å². The van der Waals surface area contributed by atoms with Crippen molar-refractivity contribution >= 4 is 52.4 Å². The zero-order chi connectivity index (χ0) is 18.1. The highest BCUT2D eigenvalue weighted by atomic mass is 127. The van der Waals surface area contributed by atoms with Gasteiger partial charge in [0.25, 0.3) is 17.7 Å². The summed E-state index contributed by atoms with van der Waals surface area (Å²) in [6.07, 6.45) is 0.118. The van der Waals surface area contributed by atoms with Gasteiger partial charge in [-0.15, -0.1) is 0 Å². The summed E-state index contributed by atoms with van der Waals surface area (Å²) in [5.41, 5.74) is 0.112. The Labute approximate surface area is 155 Å². The highest BCUT2D eigenvalue weighted by Gasteiger charge is 2.45. The number of nitrogens with one attached hydrogen (secondary N) is 2. The lowest BCUT2D eigenvalue weighted by molar-refractivity contribution is -0.136. The van der Waals surface area contributed by atoms with Crippen molar-refractivity contribution in [1.82, 2.24) is 13.7 Å². The third kappa shape index (κ3) is 3.08. The van der Waals surface area contributed by atoms with Crippen molar-refractivity contribution < 1.29 is 28.7 Å². The Balaban J connectivity index is 1.90. The molecule has 0 saturated carbocycles. The zero-order valence-corrected chi connectivity index (χ0v) is 14.9. The Morgan fingerprint density at radius 3 is 2.72 bits per heavy atom. The van der Waals surface area contributed by atoms with Gasteiger partial charge in [-0.2, -0.15) is 0 Å². The molecule has 3 rings (SSSR count). The molecule has 25 heavy (non-hydrogen) atoms. The number of imide groups is 2. The lowest BCUT2D eigenvalue weighted by atomic mass is 10.0. The van der Waals surface area contributed by atoms with Gasteiger partial charge in [-0.05, 0) is 18.6 Å². The van der Waals surface area contributed by atoms with Crippen molar-refractivity contribution in [2.24, 2.45) is 0 Å². The second-order valence-corrected chi connectivity index (χ2v) is 5.97. The highest BCUT2D eigenvalue weighted by molar-refractivity contribution is 14.1. The van der Waals surface area contributed by atoms with Crippen molar-refractivity contribution in [3.63, 3.8) is 0 Å². The van der Waals surface area contributed by atoms with E-state index in [-0.39, 0.29) is 36.3 Å². The average molecular weight is 457 g/mol. The van der Waals surface area contributed by atoms with Gasteiger partial charge in [0.2, 0.25) is 11.8 Å². The van der Waals surface area contributed by atoms with E-state index in [9.17, 15) is 24.0 Å². The summed E-state index contributed by atoms with van der Waals surface area (Å²) < 4.78 is 7.68. The van der Waals surface area contributed by atoms with E-state index in [0.29, 0.717) is 0 Å². The fraction of sp³-hybridized carbons (Fsp3) is 0.267. The van der Waals surface area contributed by atoms with Gasteiger partial charge in [-0.1, -0.05) is 6.07 Å². The molecule has 10 heteroatoms. The first-order valence-electron chi connectivity index (χ1n) is 7.31. The SMILES string of the molecule is O=C(COc1cccc2c1C(=O)N(C1CCC(=O)NC1=O)C2=O)NI. The molecule has 1 atom stereocenters. The van der Waals surface area contributed by atoms with Gasteiger partial charge >= 0.3 is 0 Å². The van der Waals surface area contributed by atoms with Crippen LogP contribution < -0.4 is 13.6 Å². The fourth-order valence-corrected chi connectivity index (χ4v) is 2.93. The van der Waals surface area contributed by atoms with Gasteiger partial charge in [-0.3, -0.25) is 37.7 Å². The van der Waals surface area contributed by atoms with Crippen LogP contribution in [0.25, 0.3) is 0 Å². The number of benzene rings is 1. The molecule has 0 aliphatic carbocycles. The predicted molar refractivity (Wildman–Crippen MR) is 90.8 cm³/mol. The van der Waals surface area contributed by atoms with Gasteiger partial charge < -0.3 is 4.74 Å². The number of hydrogen-bond donors (Lipinski definition) is 2. The second kappa shape index (κ2) is 6.78. The number of amides is 5. The first kappa shape index (κ1) is 17.3. The molecule has 0 bridgehead atoms. The number of nitrogens with zero attached hydrogens (tertiary/aromatic N) is 1. The van der Waals surface area contributed by atoms with Crippen LogP contribution in [0.4, 0.5) is 0 Å². The summed E-state index contributed by atoms with van der Waals surface area (Å²) in [6, 6.07) is 3.40. The first-order valence-corrected chi connectivity index (χ1v) is 8.38. The summed E-state index contributed by atoms with van der Waals surface area (Å²) in [5, 5.41) is 2.13. The van der Waals surface area contributed by atoms with Crippen LogP contribution in [0.2, 0.25) is 0 Å². The van der Waals surface area contributed by atoms with E-state index >= 15 is 0 Å². The second-order valence-electron chi connectivity index (χ2n) is 5.43. The molecule has 1 unspecified atom stereocenters. The van der Waals surface area contributed by atoms with Gasteiger partial charge in [0.15, 0.2) is 6.61 Å². The Bertz CT molecular complexity index is 808. The minimum Gasteiger partial charge on any atom is -0.483 e. The number of carbonyl (C=O) groups is 5. The van der Waals surface area contributed by atoms with Crippen LogP contribution in [-0.4, -0.2) is 47.1 Å². The summed E-state index contributed by atoms with van der Waals surface area (Å²) >= 11 is 1.66. The van der Waals surface area contributed by atoms with E-state index in [0.717, 1.165) is 4.90 Å². The molecule has 0 spiro atoms. The predicted octanol–water partition coefficient (Wildman–Crippen LogP) is -0.0672. The van der Waals surface area contributed by atoms with Crippen LogP contribution in [-0.2, 0) is 14.4 Å². The molecular weight excluding hydrogens is 445 g/mol. The van der Waals surface area contributed by atoms with Crippen LogP contribution >= 0.6 is 22.9 Å². The fourth-order valence-electron chi connectivity index (χ4n) is 2.77. The Hall–Kier alpha value is -2.50. The maximum atomic E-state index is 12.7. The summed E-state index contributed by atoms with van der Waals surface area (Å²) in [7, 11) is 0. The normalized spacial score (nSPS) is 19.6. The quantitative estimate of drug-likeness (QED) is 0.371. The van der Waals surface area contributed by atoms with Crippen molar-refractivity contribution in [2.75, 3.05) is 6.61 Å². The van der Waals surface area contributed by atoms with E-state index in [1.807, 2.05) is 0 Å². The Kier molecular flexibility index (Phi) is 4.70. The molecule has 2 aliphatic heterocycles. The molecule has 5 amide bonds. The highest BCUT2D eigenvalue weighted by Crippen LogP contribution is 2.33. The zero-order valence-electron chi connectivity index (χ0n) is 12.7. The van der Waals surface area contributed by atoms with E-state index in [2.05, 4.69) is 8.85 Å². The molecule has 2 N–H and O–H groups in total. The molecule has 0 radical (unpaired) electrons. The first-order chi connectivity index (χ1) is 11.9. The van der Waals surface area contributed by atoms with Crippen LogP contribution in [0.15, 0.2) is 18.2 Å². The molecule has 2 aliphatic rings. The topological polar surface area (TPSA) is 122 Å². The minimum atomic E-state index is -1.05. The molecule has 9 nitrogen and oxygen atoms in total. The molecular formula is C15H12IN3O6. The molecule has 0 aromatic heterocycles. The smallest absolute Gasteiger partial charge is 0.266 e. The lowest BCUT2D eigenvalue weighted by Crippen LogP contribution is -2.54. The third-order valence-electron chi connectivity index (χ3n) is 3.89. The van der Waals surface area contributed by atoms with Crippen LogP contribution in [0.5, 0.6) is 5.75 Å². The van der Waals surface area contributed by atoms with E-state index in [1.54, 1.807) is 22.9 Å². The number of piperidine rings is 1. The number of ether oxygens (including phenoxy) is 1. The van der Waals surface area contributed by atoms with Gasteiger partial charge in [0.05, 0.1) is 34.0 Å². The van der Waals surface area contributed by atoms with E-state index in [4.69, 9.17) is 4.74 Å². The number of fused-ring (bicyclic) bond motifs is 1. The molecule has 1 aromatic rings. The Morgan fingerprint density at radius 1 is 1.28 bits per heavy atom. The van der Waals surface area contributed by atoms with Crippen LogP contribution in [0.3, 0.4) is 0 Å². The molecule has 2 heterocycles. The van der Waals surface area contributed by atoms with Gasteiger partial charge in [0, 0.05) is 6.42 Å². The van der Waals surface area contributed by atoms with Crippen molar-refractivity contribution in [1.29, 1.82) is 0 Å². The lowest BCUT2D eigenvalue weighted by Gasteiger charge is -2.27. The maximum Gasteiger partial charge on any atom is 0.266 e. The maximum absolute atomic E-state index is 12.7. The minimum absolute atomic E-state index is 0.0125. The van der Waals surface area contributed by atoms with Crippen molar-refractivity contribution in [2.45, 2.75) is 18.9 Å². The molecule has 1 aromatic carbocycles. The number of halogens is 1. The molecule has 130 valence electrons. The van der Waals surface area contributed by atoms with Gasteiger partial charge in [0.1, 0.15) is 11.8 Å². The van der Waals surface area contributed by atoms with Crippen molar-refractivity contribution in [3.8, 4) is 5.75 Å². The summed E-state index contributed by atoms with van der Waals surface area (Å²) in [4.78, 5) is 60.8. The van der Waals surface area contributed by atoms with E-state index in [1.165, 1.54) is 18.2 Å². The summed E-state index contributed by atoms with van der Waals surface area (Å²) in [5.74, 6) is -2.75. The standard InChI is InChI=1S/C15H12IN3O6/c16-18-11(21)6-25-9-3-1-2-7-12(9)15(24)19(14(7)23)8-4-5-10(20)17-13(8)22/h1-3,8H,4-6H2,(H,18,21)(H,17,20,22). The van der Waals surface area contributed by atoms with E-state index < -0.39 is 35.6 Å². The monoisotopic (exact) mass is 457 g/mol. The van der Waals surface area contributed by atoms with Gasteiger partial charge in [-0.25, -0.2) is 0 Å². The summed E-state index contributed by atoms with van der Waals surface area (Å²) in [6.45, 7) is -0.320. The third-order valence-corrected chi connectivity index (χ3v) is 4.50. The largest absolute Gasteiger partial charge is 0.483 e. The number of hydrogen-bond acceptors (Lipinski definition) is 6. The molecule has 1 fully saturated rings. The van der Waals surface area contributed by atoms with Crippen molar-refractivity contribution in [3.05, 3.63) is 29.3 Å². The Morgan fingerprint density at radius 2 is 2.04 bits per heavy atom. The molecule has 1 saturated heterocycles. The van der Waals surface area contributed by atoms with Crippen LogP contribution in [0.1, 0.15) is 33.6 Å².